The quantitative estimate of drug-likeness (QED) is 0.319. The summed E-state index contributed by atoms with van der Waals surface area (Å²) in [6, 6.07) is 0. The van der Waals surface area contributed by atoms with Crippen LogP contribution in [-0.4, -0.2) is 101 Å². The van der Waals surface area contributed by atoms with Crippen molar-refractivity contribution in [2.75, 3.05) is 0 Å². The summed E-state index contributed by atoms with van der Waals surface area (Å²) in [4.78, 5) is 0. The van der Waals surface area contributed by atoms with Gasteiger partial charge in [0.05, 0.1) is 0 Å². The van der Waals surface area contributed by atoms with E-state index in [1.807, 2.05) is 0 Å². The van der Waals surface area contributed by atoms with Crippen LogP contribution in [0.15, 0.2) is 0 Å². The molecular weight excluding hydrogens is 743 g/mol. The number of thioether (sulfide) groups is 2. The molecule has 5 fully saturated rings. The molecule has 6 heteroatoms. The van der Waals surface area contributed by atoms with E-state index in [0.717, 1.165) is 0 Å². The standard InChI is InChI=1S/C14H20S2Te4/c1(7-3-11-13(15-11)19-7)9-5-17-6-10(18-9)2-8-4-12-14(16-12)20-8/h7-14H,1-6H2. The van der Waals surface area contributed by atoms with Gasteiger partial charge >= 0.3 is 175 Å². The minimum atomic E-state index is 0.412. The number of rotatable bonds is 4. The predicted molar refractivity (Wildman–Crippen MR) is 96.4 cm³/mol. The van der Waals surface area contributed by atoms with Crippen molar-refractivity contribution in [2.45, 2.75) is 67.6 Å². The first-order valence-corrected chi connectivity index (χ1v) is 20.9. The van der Waals surface area contributed by atoms with Crippen molar-refractivity contribution < 1.29 is 0 Å². The summed E-state index contributed by atoms with van der Waals surface area (Å²) in [5, 5.41) is 2.40. The van der Waals surface area contributed by atoms with E-state index in [1.54, 1.807) is 34.6 Å². The Hall–Kier alpha value is 3.86. The second-order valence-corrected chi connectivity index (χ2v) is 27.0. The van der Waals surface area contributed by atoms with Crippen molar-refractivity contribution in [1.29, 1.82) is 0 Å². The summed E-state index contributed by atoms with van der Waals surface area (Å²) < 4.78 is 11.5. The van der Waals surface area contributed by atoms with Gasteiger partial charge in [0.25, 0.3) is 0 Å². The van der Waals surface area contributed by atoms with Crippen LogP contribution in [0.5, 0.6) is 0 Å². The third-order valence-electron chi connectivity index (χ3n) is 4.76. The molecule has 0 amide bonds. The molecule has 8 atom stereocenters. The van der Waals surface area contributed by atoms with E-state index >= 15 is 0 Å². The molecule has 5 saturated heterocycles. The van der Waals surface area contributed by atoms with Crippen molar-refractivity contribution in [1.82, 2.24) is 0 Å². The van der Waals surface area contributed by atoms with Crippen LogP contribution in [0.2, 0.25) is 24.8 Å². The van der Waals surface area contributed by atoms with E-state index in [9.17, 15) is 0 Å². The average molecular weight is 763 g/mol. The molecule has 5 aliphatic heterocycles. The van der Waals surface area contributed by atoms with Crippen LogP contribution in [0, 0.1) is 0 Å². The Morgan fingerprint density at radius 1 is 0.700 bits per heavy atom. The molecule has 5 heterocycles. The molecule has 0 saturated carbocycles. The van der Waals surface area contributed by atoms with Gasteiger partial charge in [-0.25, -0.2) is 0 Å². The van der Waals surface area contributed by atoms with E-state index in [0.29, 0.717) is 83.7 Å². The van der Waals surface area contributed by atoms with Gasteiger partial charge < -0.3 is 0 Å². The first-order chi connectivity index (χ1) is 9.83. The van der Waals surface area contributed by atoms with Crippen molar-refractivity contribution >= 4 is 107 Å². The zero-order chi connectivity index (χ0) is 13.1. The van der Waals surface area contributed by atoms with Crippen LogP contribution in [0.3, 0.4) is 0 Å². The molecule has 0 nitrogen and oxygen atoms in total. The van der Waals surface area contributed by atoms with E-state index in [1.165, 1.54) is 33.0 Å². The summed E-state index contributed by atoms with van der Waals surface area (Å²) >= 11 is 6.48. The minimum absolute atomic E-state index is 0.412. The number of fused-ring (bicyclic) bond motifs is 2. The molecule has 0 spiro atoms. The Morgan fingerprint density at radius 3 is 1.70 bits per heavy atom. The van der Waals surface area contributed by atoms with Crippen molar-refractivity contribution in [3.05, 3.63) is 0 Å². The Labute approximate surface area is 172 Å². The van der Waals surface area contributed by atoms with Gasteiger partial charge in [0.2, 0.25) is 0 Å². The fourth-order valence-electron chi connectivity index (χ4n) is 3.65. The SMILES string of the molecule is C1[Te]CC(CC2CC3SC3[Te]2)[Te]C1CC1CC2SC2[Te]1. The third kappa shape index (κ3) is 3.83. The van der Waals surface area contributed by atoms with Crippen molar-refractivity contribution in [3.8, 4) is 0 Å². The molecule has 5 rings (SSSR count). The molecule has 8 unspecified atom stereocenters. The van der Waals surface area contributed by atoms with Gasteiger partial charge in [0.15, 0.2) is 0 Å². The van der Waals surface area contributed by atoms with E-state index in [-0.39, 0.29) is 0 Å². The van der Waals surface area contributed by atoms with Gasteiger partial charge in [-0.1, -0.05) is 0 Å². The topological polar surface area (TPSA) is 0 Å². The predicted octanol–water partition coefficient (Wildman–Crippen LogP) is 3.28. The molecule has 112 valence electrons. The molecule has 0 aromatic carbocycles. The Balaban J connectivity index is 1.10. The van der Waals surface area contributed by atoms with Crippen molar-refractivity contribution in [3.63, 3.8) is 0 Å². The van der Waals surface area contributed by atoms with Gasteiger partial charge in [-0.3, -0.25) is 0 Å². The molecule has 0 aromatic rings. The van der Waals surface area contributed by atoms with Gasteiger partial charge in [0.1, 0.15) is 0 Å². The second-order valence-electron chi connectivity index (χ2n) is 6.46. The average Bonchev–Trinajstić information content (AvgIpc) is 3.26. The van der Waals surface area contributed by atoms with Crippen molar-refractivity contribution in [2.24, 2.45) is 0 Å². The second kappa shape index (κ2) is 6.87. The first-order valence-electron chi connectivity index (χ1n) is 7.68. The Kier molecular flexibility index (Phi) is 5.52. The molecule has 0 radical (unpaired) electrons. The van der Waals surface area contributed by atoms with Gasteiger partial charge in [-0.15, -0.1) is 0 Å². The van der Waals surface area contributed by atoms with Crippen LogP contribution in [-0.2, 0) is 0 Å². The normalized spacial score (nSPS) is 56.4. The molecule has 0 aliphatic carbocycles. The van der Waals surface area contributed by atoms with Crippen LogP contribution in [0.1, 0.15) is 25.7 Å². The molecular formula is C14H20S2Te4. The summed E-state index contributed by atoms with van der Waals surface area (Å²) in [6.45, 7) is 0. The zero-order valence-corrected chi connectivity index (χ0v) is 22.3. The number of hydrogen-bond acceptors (Lipinski definition) is 2. The molecule has 0 N–H and O–H groups in total. The summed E-state index contributed by atoms with van der Waals surface area (Å²) in [5.41, 5.74) is 0. The molecule has 0 bridgehead atoms. The van der Waals surface area contributed by atoms with Gasteiger partial charge in [-0.2, -0.15) is 0 Å². The number of hydrogen-bond donors (Lipinski definition) is 0. The van der Waals surface area contributed by atoms with Gasteiger partial charge in [0, 0.05) is 0 Å². The monoisotopic (exact) mass is 772 g/mol. The van der Waals surface area contributed by atoms with Gasteiger partial charge in [-0.05, 0) is 0 Å². The summed E-state index contributed by atoms with van der Waals surface area (Å²) in [5.74, 6) is 0. The van der Waals surface area contributed by atoms with Crippen LogP contribution < -0.4 is 0 Å². The Bertz CT molecular complexity index is 341. The zero-order valence-electron chi connectivity index (χ0n) is 11.3. The van der Waals surface area contributed by atoms with Crippen LogP contribution in [0.4, 0.5) is 0 Å². The van der Waals surface area contributed by atoms with Crippen LogP contribution >= 0.6 is 23.5 Å². The van der Waals surface area contributed by atoms with E-state index in [4.69, 9.17) is 0 Å². The molecule has 20 heavy (non-hydrogen) atoms. The first kappa shape index (κ1) is 16.1. The van der Waals surface area contributed by atoms with E-state index in [2.05, 4.69) is 23.5 Å². The fraction of sp³-hybridized carbons (Fsp3) is 1.00. The Morgan fingerprint density at radius 2 is 1.25 bits per heavy atom. The van der Waals surface area contributed by atoms with E-state index < -0.39 is 0 Å². The summed E-state index contributed by atoms with van der Waals surface area (Å²) in [6.07, 6.45) is 6.90. The molecule has 5 aliphatic rings. The maximum atomic E-state index is 2.35. The fourth-order valence-corrected chi connectivity index (χ4v) is 35.7. The maximum absolute atomic E-state index is 2.35. The van der Waals surface area contributed by atoms with Crippen LogP contribution in [0.25, 0.3) is 0 Å². The molecule has 0 aromatic heterocycles. The third-order valence-corrected chi connectivity index (χ3v) is 31.2. The summed E-state index contributed by atoms with van der Waals surface area (Å²) in [7, 11) is 0.